The van der Waals surface area contributed by atoms with Gasteiger partial charge >= 0.3 is 0 Å². The van der Waals surface area contributed by atoms with Crippen LogP contribution in [-0.2, 0) is 6.54 Å². The van der Waals surface area contributed by atoms with Crippen LogP contribution in [0.15, 0.2) is 28.8 Å². The summed E-state index contributed by atoms with van der Waals surface area (Å²) in [6, 6.07) is 8.09. The van der Waals surface area contributed by atoms with Gasteiger partial charge in [0.2, 0.25) is 11.7 Å². The van der Waals surface area contributed by atoms with Gasteiger partial charge < -0.3 is 9.84 Å². The molecule has 1 aliphatic rings. The van der Waals surface area contributed by atoms with Crippen LogP contribution in [0.5, 0.6) is 0 Å². The zero-order valence-corrected chi connectivity index (χ0v) is 12.3. The first-order chi connectivity index (χ1) is 9.33. The molecule has 2 heterocycles. The molecule has 1 N–H and O–H groups in total. The van der Waals surface area contributed by atoms with Crippen LogP contribution in [0.3, 0.4) is 0 Å². The number of halogens is 1. The number of aryl methyl sites for hydroxylation is 1. The summed E-state index contributed by atoms with van der Waals surface area (Å²) in [6.07, 6.45) is 0. The second kappa shape index (κ2) is 6.83. The predicted molar refractivity (Wildman–Crippen MR) is 79.9 cm³/mol. The van der Waals surface area contributed by atoms with E-state index < -0.39 is 0 Å². The van der Waals surface area contributed by atoms with Crippen LogP contribution in [0.2, 0.25) is 0 Å². The average molecular weight is 295 g/mol. The lowest BCUT2D eigenvalue weighted by molar-refractivity contribution is 0.203. The lowest BCUT2D eigenvalue weighted by Gasteiger charge is -2.25. The molecule has 3 rings (SSSR count). The summed E-state index contributed by atoms with van der Waals surface area (Å²) in [6.45, 7) is 6.91. The standard InChI is InChI=1S/C14H18N4O.ClH/c1-11-4-2-3-5-12(11)14-16-13(19-17-14)10-18-8-6-15-7-9-18;/h2-5,15H,6-10H2,1H3;1H. The fourth-order valence-corrected chi connectivity index (χ4v) is 2.31. The molecule has 1 aromatic carbocycles. The van der Waals surface area contributed by atoms with Crippen molar-refractivity contribution in [2.45, 2.75) is 13.5 Å². The molecule has 0 spiro atoms. The second-order valence-electron chi connectivity index (χ2n) is 4.85. The van der Waals surface area contributed by atoms with E-state index in [2.05, 4.69) is 33.3 Å². The molecule has 0 unspecified atom stereocenters. The maximum Gasteiger partial charge on any atom is 0.241 e. The first-order valence-corrected chi connectivity index (χ1v) is 6.64. The van der Waals surface area contributed by atoms with Gasteiger partial charge in [-0.1, -0.05) is 29.4 Å². The number of hydrogen-bond donors (Lipinski definition) is 1. The van der Waals surface area contributed by atoms with Gasteiger partial charge in [-0.15, -0.1) is 12.4 Å². The normalized spacial score (nSPS) is 15.8. The van der Waals surface area contributed by atoms with Crippen molar-refractivity contribution in [3.05, 3.63) is 35.7 Å². The Kier molecular flexibility index (Phi) is 5.11. The number of nitrogens with zero attached hydrogens (tertiary/aromatic N) is 3. The van der Waals surface area contributed by atoms with E-state index >= 15 is 0 Å². The van der Waals surface area contributed by atoms with Crippen LogP contribution >= 0.6 is 12.4 Å². The van der Waals surface area contributed by atoms with Crippen molar-refractivity contribution in [3.63, 3.8) is 0 Å². The number of rotatable bonds is 3. The fraction of sp³-hybridized carbons (Fsp3) is 0.429. The zero-order valence-electron chi connectivity index (χ0n) is 11.5. The second-order valence-corrected chi connectivity index (χ2v) is 4.85. The van der Waals surface area contributed by atoms with Gasteiger partial charge in [-0.2, -0.15) is 4.98 Å². The third-order valence-corrected chi connectivity index (χ3v) is 3.42. The summed E-state index contributed by atoms with van der Waals surface area (Å²) < 4.78 is 5.35. The molecule has 0 atom stereocenters. The molecule has 2 aromatic rings. The Balaban J connectivity index is 0.00000147. The summed E-state index contributed by atoms with van der Waals surface area (Å²) >= 11 is 0. The monoisotopic (exact) mass is 294 g/mol. The minimum Gasteiger partial charge on any atom is -0.338 e. The molecular formula is C14H19ClN4O. The Labute approximate surface area is 124 Å². The van der Waals surface area contributed by atoms with Crippen LogP contribution < -0.4 is 5.32 Å². The lowest BCUT2D eigenvalue weighted by atomic mass is 10.1. The Hall–Kier alpha value is -1.43. The molecule has 5 nitrogen and oxygen atoms in total. The molecule has 1 fully saturated rings. The minimum atomic E-state index is 0. The number of benzene rings is 1. The van der Waals surface area contributed by atoms with E-state index in [0.717, 1.165) is 43.9 Å². The van der Waals surface area contributed by atoms with E-state index in [1.165, 1.54) is 0 Å². The third-order valence-electron chi connectivity index (χ3n) is 3.42. The van der Waals surface area contributed by atoms with E-state index in [-0.39, 0.29) is 12.4 Å². The Bertz CT molecular complexity index is 552. The first-order valence-electron chi connectivity index (χ1n) is 6.64. The van der Waals surface area contributed by atoms with Crippen molar-refractivity contribution in [1.29, 1.82) is 0 Å². The number of nitrogens with one attached hydrogen (secondary N) is 1. The Morgan fingerprint density at radius 1 is 1.25 bits per heavy atom. The van der Waals surface area contributed by atoms with E-state index in [4.69, 9.17) is 4.52 Å². The molecule has 20 heavy (non-hydrogen) atoms. The molecule has 1 aromatic heterocycles. The van der Waals surface area contributed by atoms with Gasteiger partial charge in [0, 0.05) is 31.7 Å². The highest BCUT2D eigenvalue weighted by Gasteiger charge is 2.15. The van der Waals surface area contributed by atoms with Gasteiger partial charge in [0.15, 0.2) is 0 Å². The quantitative estimate of drug-likeness (QED) is 0.936. The van der Waals surface area contributed by atoms with E-state index in [0.29, 0.717) is 11.7 Å². The van der Waals surface area contributed by atoms with E-state index in [9.17, 15) is 0 Å². The Morgan fingerprint density at radius 3 is 2.75 bits per heavy atom. The molecule has 108 valence electrons. The smallest absolute Gasteiger partial charge is 0.241 e. The highest BCUT2D eigenvalue weighted by molar-refractivity contribution is 5.85. The molecule has 1 aliphatic heterocycles. The summed E-state index contributed by atoms with van der Waals surface area (Å²) in [5.41, 5.74) is 2.20. The van der Waals surface area contributed by atoms with Crippen molar-refractivity contribution in [1.82, 2.24) is 20.4 Å². The van der Waals surface area contributed by atoms with Gasteiger partial charge in [-0.3, -0.25) is 4.90 Å². The zero-order chi connectivity index (χ0) is 13.1. The predicted octanol–water partition coefficient (Wildman–Crippen LogP) is 1.87. The molecule has 6 heteroatoms. The van der Waals surface area contributed by atoms with Crippen molar-refractivity contribution in [2.24, 2.45) is 0 Å². The summed E-state index contributed by atoms with van der Waals surface area (Å²) in [4.78, 5) is 6.82. The molecule has 0 saturated carbocycles. The van der Waals surface area contributed by atoms with Crippen molar-refractivity contribution >= 4 is 12.4 Å². The van der Waals surface area contributed by atoms with E-state index in [1.807, 2.05) is 18.2 Å². The highest BCUT2D eigenvalue weighted by atomic mass is 35.5. The number of piperazine rings is 1. The average Bonchev–Trinajstić information content (AvgIpc) is 2.89. The molecule has 1 saturated heterocycles. The summed E-state index contributed by atoms with van der Waals surface area (Å²) in [5.74, 6) is 1.38. The highest BCUT2D eigenvalue weighted by Crippen LogP contribution is 2.20. The van der Waals surface area contributed by atoms with Crippen LogP contribution in [-0.4, -0.2) is 41.2 Å². The fourth-order valence-electron chi connectivity index (χ4n) is 2.31. The van der Waals surface area contributed by atoms with Crippen molar-refractivity contribution in [3.8, 4) is 11.4 Å². The van der Waals surface area contributed by atoms with Crippen molar-refractivity contribution < 1.29 is 4.52 Å². The number of hydrogen-bond acceptors (Lipinski definition) is 5. The molecule has 0 amide bonds. The SMILES string of the molecule is Cc1ccccc1-c1noc(CN2CCNCC2)n1.Cl. The third kappa shape index (κ3) is 3.36. The molecule has 0 bridgehead atoms. The van der Waals surface area contributed by atoms with Crippen LogP contribution in [0.1, 0.15) is 11.5 Å². The molecular weight excluding hydrogens is 276 g/mol. The Morgan fingerprint density at radius 2 is 2.00 bits per heavy atom. The van der Waals surface area contributed by atoms with Gasteiger partial charge in [0.1, 0.15) is 0 Å². The van der Waals surface area contributed by atoms with Crippen LogP contribution in [0.25, 0.3) is 11.4 Å². The van der Waals surface area contributed by atoms with Crippen molar-refractivity contribution in [2.75, 3.05) is 26.2 Å². The van der Waals surface area contributed by atoms with Crippen LogP contribution in [0.4, 0.5) is 0 Å². The van der Waals surface area contributed by atoms with E-state index in [1.54, 1.807) is 0 Å². The first kappa shape index (κ1) is 15.0. The molecule has 0 radical (unpaired) electrons. The molecule has 0 aliphatic carbocycles. The lowest BCUT2D eigenvalue weighted by Crippen LogP contribution is -2.42. The van der Waals surface area contributed by atoms with Gasteiger partial charge in [-0.05, 0) is 12.5 Å². The summed E-state index contributed by atoms with van der Waals surface area (Å²) in [5, 5.41) is 7.42. The topological polar surface area (TPSA) is 54.2 Å². The van der Waals surface area contributed by atoms with Gasteiger partial charge in [0.25, 0.3) is 0 Å². The van der Waals surface area contributed by atoms with Gasteiger partial charge in [-0.25, -0.2) is 0 Å². The van der Waals surface area contributed by atoms with Crippen LogP contribution in [0, 0.1) is 6.92 Å². The van der Waals surface area contributed by atoms with Gasteiger partial charge in [0.05, 0.1) is 6.54 Å². The summed E-state index contributed by atoms with van der Waals surface area (Å²) in [7, 11) is 0. The maximum atomic E-state index is 5.35. The number of aromatic nitrogens is 2. The maximum absolute atomic E-state index is 5.35. The minimum absolute atomic E-state index is 0. The largest absolute Gasteiger partial charge is 0.338 e.